The van der Waals surface area contributed by atoms with Gasteiger partial charge in [-0.25, -0.2) is 0 Å². The molecule has 2 saturated heterocycles. The van der Waals surface area contributed by atoms with Crippen molar-refractivity contribution in [3.63, 3.8) is 0 Å². The normalized spacial score (nSPS) is 39.4. The first-order chi connectivity index (χ1) is 7.52. The smallest absolute Gasteiger partial charge is 0.321 e. The van der Waals surface area contributed by atoms with Crippen molar-refractivity contribution in [1.82, 2.24) is 5.32 Å². The van der Waals surface area contributed by atoms with Crippen LogP contribution in [0.3, 0.4) is 0 Å². The maximum absolute atomic E-state index is 10.9. The minimum absolute atomic E-state index is 0.0593. The summed E-state index contributed by atoms with van der Waals surface area (Å²) in [4.78, 5) is 10.9. The molecule has 2 fully saturated rings. The molecule has 0 radical (unpaired) electrons. The van der Waals surface area contributed by atoms with Crippen LogP contribution < -0.4 is 5.32 Å². The Morgan fingerprint density at radius 3 is 2.94 bits per heavy atom. The maximum atomic E-state index is 10.9. The van der Waals surface area contributed by atoms with E-state index in [1.165, 1.54) is 0 Å². The van der Waals surface area contributed by atoms with Crippen molar-refractivity contribution in [3.8, 4) is 0 Å². The Morgan fingerprint density at radius 1 is 1.62 bits per heavy atom. The number of ether oxygens (including phenoxy) is 1. The number of thioether (sulfide) groups is 1. The van der Waals surface area contributed by atoms with Crippen molar-refractivity contribution in [3.05, 3.63) is 0 Å². The number of hydrogen-bond donors (Lipinski definition) is 2. The van der Waals surface area contributed by atoms with Gasteiger partial charge in [0.15, 0.2) is 0 Å². The predicted molar refractivity (Wildman–Crippen MR) is 63.6 cm³/mol. The van der Waals surface area contributed by atoms with Crippen LogP contribution in [0.4, 0.5) is 0 Å². The molecule has 2 unspecified atom stereocenters. The standard InChI is InChI=1S/C11H19NO3S/c1-7(2)9-5-11(3-4-15-9)12-8(6-16-11)10(13)14/h7-9,12H,3-6H2,1-2H3,(H,13,14)/t8-,9?,11?/m0/s1. The zero-order valence-electron chi connectivity index (χ0n) is 9.73. The molecule has 2 rings (SSSR count). The van der Waals surface area contributed by atoms with Gasteiger partial charge in [-0.2, -0.15) is 0 Å². The lowest BCUT2D eigenvalue weighted by Gasteiger charge is -2.39. The van der Waals surface area contributed by atoms with Crippen molar-refractivity contribution in [1.29, 1.82) is 0 Å². The highest BCUT2D eigenvalue weighted by Crippen LogP contribution is 2.41. The Morgan fingerprint density at radius 2 is 2.38 bits per heavy atom. The highest BCUT2D eigenvalue weighted by Gasteiger charge is 2.45. The van der Waals surface area contributed by atoms with Crippen molar-refractivity contribution in [2.75, 3.05) is 12.4 Å². The van der Waals surface area contributed by atoms with E-state index in [-0.39, 0.29) is 11.0 Å². The number of aliphatic carboxylic acids is 1. The molecule has 16 heavy (non-hydrogen) atoms. The molecule has 2 aliphatic heterocycles. The summed E-state index contributed by atoms with van der Waals surface area (Å²) in [7, 11) is 0. The topological polar surface area (TPSA) is 58.6 Å². The number of nitrogens with one attached hydrogen (secondary N) is 1. The first-order valence-corrected chi connectivity index (χ1v) is 6.77. The minimum Gasteiger partial charge on any atom is -0.480 e. The molecule has 2 N–H and O–H groups in total. The summed E-state index contributed by atoms with van der Waals surface area (Å²) in [5.41, 5.74) is 0. The van der Waals surface area contributed by atoms with Crippen LogP contribution in [0, 0.1) is 5.92 Å². The lowest BCUT2D eigenvalue weighted by Crippen LogP contribution is -2.51. The van der Waals surface area contributed by atoms with E-state index in [2.05, 4.69) is 19.2 Å². The van der Waals surface area contributed by atoms with Gasteiger partial charge in [-0.3, -0.25) is 10.1 Å². The van der Waals surface area contributed by atoms with Gasteiger partial charge in [0.25, 0.3) is 0 Å². The summed E-state index contributed by atoms with van der Waals surface area (Å²) in [6, 6.07) is -0.393. The van der Waals surface area contributed by atoms with Gasteiger partial charge in [0.1, 0.15) is 6.04 Å². The maximum Gasteiger partial charge on any atom is 0.321 e. The van der Waals surface area contributed by atoms with E-state index in [1.807, 2.05) is 0 Å². The summed E-state index contributed by atoms with van der Waals surface area (Å²) in [6.07, 6.45) is 2.07. The van der Waals surface area contributed by atoms with Crippen LogP contribution in [-0.2, 0) is 9.53 Å². The van der Waals surface area contributed by atoms with Crippen molar-refractivity contribution < 1.29 is 14.6 Å². The molecular weight excluding hydrogens is 226 g/mol. The number of carbonyl (C=O) groups is 1. The molecule has 0 bridgehead atoms. The van der Waals surface area contributed by atoms with E-state index in [1.54, 1.807) is 11.8 Å². The summed E-state index contributed by atoms with van der Waals surface area (Å²) in [6.45, 7) is 5.03. The van der Waals surface area contributed by atoms with Crippen LogP contribution >= 0.6 is 11.8 Å². The molecule has 1 spiro atoms. The van der Waals surface area contributed by atoms with Gasteiger partial charge in [0.05, 0.1) is 11.0 Å². The summed E-state index contributed by atoms with van der Waals surface area (Å²) >= 11 is 1.75. The van der Waals surface area contributed by atoms with Crippen molar-refractivity contribution in [2.24, 2.45) is 5.92 Å². The SMILES string of the molecule is CC(C)C1CC2(CCO1)N[C@H](C(=O)O)CS2. The van der Waals surface area contributed by atoms with Crippen LogP contribution in [0.5, 0.6) is 0 Å². The lowest BCUT2D eigenvalue weighted by atomic mass is 9.94. The molecule has 92 valence electrons. The molecule has 4 nitrogen and oxygen atoms in total. The quantitative estimate of drug-likeness (QED) is 0.768. The van der Waals surface area contributed by atoms with Gasteiger partial charge in [0, 0.05) is 18.8 Å². The van der Waals surface area contributed by atoms with E-state index in [9.17, 15) is 4.79 Å². The molecule has 0 aromatic heterocycles. The second-order valence-corrected chi connectivity index (χ2v) is 6.35. The Kier molecular flexibility index (Phi) is 3.47. The third-order valence-electron chi connectivity index (χ3n) is 3.37. The van der Waals surface area contributed by atoms with Gasteiger partial charge in [-0.05, 0) is 12.3 Å². The predicted octanol–water partition coefficient (Wildman–Crippen LogP) is 1.31. The van der Waals surface area contributed by atoms with E-state index >= 15 is 0 Å². The second kappa shape index (κ2) is 4.55. The van der Waals surface area contributed by atoms with Gasteiger partial charge in [0.2, 0.25) is 0 Å². The van der Waals surface area contributed by atoms with E-state index < -0.39 is 12.0 Å². The summed E-state index contributed by atoms with van der Waals surface area (Å²) in [5, 5.41) is 12.3. The highest BCUT2D eigenvalue weighted by molar-refractivity contribution is 8.01. The lowest BCUT2D eigenvalue weighted by molar-refractivity contribution is -0.139. The number of hydrogen-bond acceptors (Lipinski definition) is 4. The third-order valence-corrected chi connectivity index (χ3v) is 4.92. The first kappa shape index (κ1) is 12.2. The van der Waals surface area contributed by atoms with Crippen LogP contribution in [0.15, 0.2) is 0 Å². The molecule has 0 amide bonds. The molecule has 0 aromatic carbocycles. The molecule has 3 atom stereocenters. The Hall–Kier alpha value is -0.260. The van der Waals surface area contributed by atoms with Crippen LogP contribution in [-0.4, -0.2) is 40.5 Å². The largest absolute Gasteiger partial charge is 0.480 e. The average Bonchev–Trinajstić information content (AvgIpc) is 2.62. The van der Waals surface area contributed by atoms with E-state index in [0.29, 0.717) is 11.7 Å². The monoisotopic (exact) mass is 245 g/mol. The van der Waals surface area contributed by atoms with E-state index in [4.69, 9.17) is 9.84 Å². The van der Waals surface area contributed by atoms with Gasteiger partial charge < -0.3 is 9.84 Å². The molecule has 0 aromatic rings. The van der Waals surface area contributed by atoms with Crippen LogP contribution in [0.1, 0.15) is 26.7 Å². The molecule has 0 saturated carbocycles. The molecule has 0 aliphatic carbocycles. The molecule has 5 heteroatoms. The first-order valence-electron chi connectivity index (χ1n) is 5.78. The van der Waals surface area contributed by atoms with Crippen LogP contribution in [0.2, 0.25) is 0 Å². The fourth-order valence-electron chi connectivity index (χ4n) is 2.33. The molecular formula is C11H19NO3S. The van der Waals surface area contributed by atoms with Gasteiger partial charge in [-0.1, -0.05) is 13.8 Å². The number of carboxylic acids is 1. The Labute approximate surface area is 100 Å². The Balaban J connectivity index is 2.01. The molecule has 2 heterocycles. The average molecular weight is 245 g/mol. The second-order valence-electron chi connectivity index (χ2n) is 4.95. The van der Waals surface area contributed by atoms with Crippen molar-refractivity contribution >= 4 is 17.7 Å². The zero-order valence-corrected chi connectivity index (χ0v) is 10.5. The summed E-state index contributed by atoms with van der Waals surface area (Å²) in [5.74, 6) is 0.417. The van der Waals surface area contributed by atoms with E-state index in [0.717, 1.165) is 19.4 Å². The fourth-order valence-corrected chi connectivity index (χ4v) is 3.78. The fraction of sp³-hybridized carbons (Fsp3) is 0.909. The van der Waals surface area contributed by atoms with Crippen LogP contribution in [0.25, 0.3) is 0 Å². The molecule has 2 aliphatic rings. The number of carboxylic acid groups (broad SMARTS) is 1. The Bertz CT molecular complexity index is 284. The number of rotatable bonds is 2. The van der Waals surface area contributed by atoms with Crippen molar-refractivity contribution in [2.45, 2.75) is 43.7 Å². The van der Waals surface area contributed by atoms with Gasteiger partial charge >= 0.3 is 5.97 Å². The summed E-state index contributed by atoms with van der Waals surface area (Å²) < 4.78 is 5.72. The minimum atomic E-state index is -0.739. The van der Waals surface area contributed by atoms with Gasteiger partial charge in [-0.15, -0.1) is 11.8 Å². The highest BCUT2D eigenvalue weighted by atomic mass is 32.2. The third kappa shape index (κ3) is 2.36. The zero-order chi connectivity index (χ0) is 11.8.